The van der Waals surface area contributed by atoms with Gasteiger partial charge in [0, 0.05) is 24.9 Å². The summed E-state index contributed by atoms with van der Waals surface area (Å²) in [5, 5.41) is 2.74. The standard InChI is InChI=1S/C14H19ClN2O5S2/c1-23(19,20)9-6-16-14(18)11-4-5-12(15)13(10-11)17-7-2-3-8-24(17,21)22/h4-5,10H,2-3,6-9H2,1H3,(H,16,18). The summed E-state index contributed by atoms with van der Waals surface area (Å²) in [6.45, 7) is 0.304. The molecule has 0 saturated carbocycles. The molecule has 7 nitrogen and oxygen atoms in total. The molecule has 1 aromatic carbocycles. The van der Waals surface area contributed by atoms with Gasteiger partial charge in [-0.1, -0.05) is 11.6 Å². The molecule has 1 aromatic rings. The molecule has 0 unspecified atom stereocenters. The largest absolute Gasteiger partial charge is 0.351 e. The molecule has 0 radical (unpaired) electrons. The van der Waals surface area contributed by atoms with E-state index in [0.29, 0.717) is 13.0 Å². The minimum absolute atomic E-state index is 0.0162. The van der Waals surface area contributed by atoms with Crippen molar-refractivity contribution in [3.8, 4) is 0 Å². The Morgan fingerprint density at radius 1 is 1.33 bits per heavy atom. The highest BCUT2D eigenvalue weighted by Crippen LogP contribution is 2.31. The smallest absolute Gasteiger partial charge is 0.251 e. The molecule has 0 bridgehead atoms. The molecule has 0 spiro atoms. The number of nitrogens with one attached hydrogen (secondary N) is 1. The second kappa shape index (κ2) is 7.28. The first-order valence-electron chi connectivity index (χ1n) is 7.36. The topological polar surface area (TPSA) is 101 Å². The van der Waals surface area contributed by atoms with Gasteiger partial charge in [-0.25, -0.2) is 16.8 Å². The van der Waals surface area contributed by atoms with Crippen molar-refractivity contribution in [2.45, 2.75) is 12.8 Å². The highest BCUT2D eigenvalue weighted by atomic mass is 35.5. The first kappa shape index (κ1) is 19.0. The molecule has 1 aliphatic rings. The molecular formula is C14H19ClN2O5S2. The second-order valence-corrected chi connectivity index (χ2v) is 10.3. The van der Waals surface area contributed by atoms with Crippen molar-refractivity contribution in [2.24, 2.45) is 0 Å². The highest BCUT2D eigenvalue weighted by Gasteiger charge is 2.28. The second-order valence-electron chi connectivity index (χ2n) is 5.65. The fourth-order valence-corrected chi connectivity index (χ4v) is 4.75. The fraction of sp³-hybridized carbons (Fsp3) is 0.500. The van der Waals surface area contributed by atoms with Crippen LogP contribution in [0.15, 0.2) is 18.2 Å². The summed E-state index contributed by atoms with van der Waals surface area (Å²) in [6.07, 6.45) is 2.41. The lowest BCUT2D eigenvalue weighted by atomic mass is 10.2. The van der Waals surface area contributed by atoms with Gasteiger partial charge in [0.25, 0.3) is 5.91 Å². The molecule has 1 N–H and O–H groups in total. The van der Waals surface area contributed by atoms with Crippen LogP contribution in [0.2, 0.25) is 5.02 Å². The van der Waals surface area contributed by atoms with E-state index in [1.54, 1.807) is 0 Å². The number of halogens is 1. The molecule has 1 heterocycles. The number of nitrogens with zero attached hydrogens (tertiary/aromatic N) is 1. The van der Waals surface area contributed by atoms with Crippen LogP contribution in [0.5, 0.6) is 0 Å². The zero-order chi connectivity index (χ0) is 18.0. The number of sulfone groups is 1. The van der Waals surface area contributed by atoms with Crippen molar-refractivity contribution in [3.63, 3.8) is 0 Å². The Hall–Kier alpha value is -1.32. The summed E-state index contributed by atoms with van der Waals surface area (Å²) >= 11 is 6.11. The summed E-state index contributed by atoms with van der Waals surface area (Å²) in [4.78, 5) is 12.1. The quantitative estimate of drug-likeness (QED) is 0.804. The lowest BCUT2D eigenvalue weighted by Crippen LogP contribution is -2.38. The fourth-order valence-electron chi connectivity index (χ4n) is 2.36. The summed E-state index contributed by atoms with van der Waals surface area (Å²) in [7, 11) is -6.61. The molecule has 0 atom stereocenters. The number of rotatable bonds is 5. The lowest BCUT2D eigenvalue weighted by Gasteiger charge is -2.29. The predicted molar refractivity (Wildman–Crippen MR) is 93.9 cm³/mol. The Kier molecular flexibility index (Phi) is 5.77. The Labute approximate surface area is 147 Å². The molecule has 1 aliphatic heterocycles. The summed E-state index contributed by atoms with van der Waals surface area (Å²) < 4.78 is 47.8. The third-order valence-corrected chi connectivity index (χ3v) is 6.71. The van der Waals surface area contributed by atoms with Gasteiger partial charge in [-0.2, -0.15) is 0 Å². The van der Waals surface area contributed by atoms with E-state index in [-0.39, 0.29) is 34.3 Å². The van der Waals surface area contributed by atoms with Crippen LogP contribution in [0, 0.1) is 0 Å². The Bertz CT molecular complexity index is 837. The average molecular weight is 395 g/mol. The van der Waals surface area contributed by atoms with Gasteiger partial charge in [-0.15, -0.1) is 0 Å². The van der Waals surface area contributed by atoms with Crippen molar-refractivity contribution in [3.05, 3.63) is 28.8 Å². The summed E-state index contributed by atoms with van der Waals surface area (Å²) in [5.74, 6) is -0.598. The van der Waals surface area contributed by atoms with Gasteiger partial charge in [0.15, 0.2) is 0 Å². The van der Waals surface area contributed by atoms with Crippen LogP contribution in [0.25, 0.3) is 0 Å². The number of anilines is 1. The maximum atomic E-state index is 12.2. The molecule has 1 fully saturated rings. The average Bonchev–Trinajstić information content (AvgIpc) is 2.46. The van der Waals surface area contributed by atoms with Crippen molar-refractivity contribution in [1.29, 1.82) is 0 Å². The molecule has 1 saturated heterocycles. The van der Waals surface area contributed by atoms with Crippen LogP contribution in [-0.4, -0.2) is 53.6 Å². The number of hydrogen-bond acceptors (Lipinski definition) is 5. The van der Waals surface area contributed by atoms with Gasteiger partial charge < -0.3 is 5.32 Å². The number of carbonyl (C=O) groups excluding carboxylic acids is 1. The Morgan fingerprint density at radius 2 is 2.04 bits per heavy atom. The first-order chi connectivity index (χ1) is 11.1. The molecule has 10 heteroatoms. The molecule has 24 heavy (non-hydrogen) atoms. The van der Waals surface area contributed by atoms with Crippen LogP contribution in [-0.2, 0) is 19.9 Å². The molecule has 2 rings (SSSR count). The van der Waals surface area contributed by atoms with Crippen LogP contribution < -0.4 is 9.62 Å². The zero-order valence-electron chi connectivity index (χ0n) is 13.2. The van der Waals surface area contributed by atoms with Crippen molar-refractivity contribution in [1.82, 2.24) is 5.32 Å². The Morgan fingerprint density at radius 3 is 2.67 bits per heavy atom. The predicted octanol–water partition coefficient (Wildman–Crippen LogP) is 1.04. The van der Waals surface area contributed by atoms with Crippen molar-refractivity contribution in [2.75, 3.05) is 35.2 Å². The summed E-state index contributed by atoms with van der Waals surface area (Å²) in [5.41, 5.74) is 0.496. The van der Waals surface area contributed by atoms with Crippen molar-refractivity contribution < 1.29 is 21.6 Å². The van der Waals surface area contributed by atoms with Gasteiger partial charge in [-0.3, -0.25) is 9.10 Å². The Balaban J connectivity index is 2.20. The highest BCUT2D eigenvalue weighted by molar-refractivity contribution is 7.92. The van der Waals surface area contributed by atoms with E-state index in [4.69, 9.17) is 11.6 Å². The minimum Gasteiger partial charge on any atom is -0.351 e. The van der Waals surface area contributed by atoms with E-state index in [1.165, 1.54) is 22.5 Å². The van der Waals surface area contributed by atoms with E-state index < -0.39 is 25.8 Å². The molecule has 0 aromatic heterocycles. The van der Waals surface area contributed by atoms with Gasteiger partial charge in [0.2, 0.25) is 10.0 Å². The SMILES string of the molecule is CS(=O)(=O)CCNC(=O)c1ccc(Cl)c(N2CCCCS2(=O)=O)c1. The third kappa shape index (κ3) is 4.84. The van der Waals surface area contributed by atoms with E-state index in [1.807, 2.05) is 0 Å². The molecule has 1 amide bonds. The van der Waals surface area contributed by atoms with Gasteiger partial charge in [0.1, 0.15) is 9.84 Å². The number of sulfonamides is 1. The van der Waals surface area contributed by atoms with Crippen LogP contribution in [0.1, 0.15) is 23.2 Å². The summed E-state index contributed by atoms with van der Waals surface area (Å²) in [6, 6.07) is 4.35. The van der Waals surface area contributed by atoms with Gasteiger partial charge in [0.05, 0.1) is 22.2 Å². The van der Waals surface area contributed by atoms with E-state index >= 15 is 0 Å². The van der Waals surface area contributed by atoms with E-state index in [9.17, 15) is 21.6 Å². The van der Waals surface area contributed by atoms with E-state index in [0.717, 1.165) is 12.7 Å². The monoisotopic (exact) mass is 394 g/mol. The van der Waals surface area contributed by atoms with Crippen molar-refractivity contribution >= 4 is 43.1 Å². The van der Waals surface area contributed by atoms with E-state index in [2.05, 4.69) is 5.32 Å². The van der Waals surface area contributed by atoms with Gasteiger partial charge in [-0.05, 0) is 31.0 Å². The number of carbonyl (C=O) groups is 1. The normalized spacial score (nSPS) is 17.5. The number of amides is 1. The van der Waals surface area contributed by atoms with Gasteiger partial charge >= 0.3 is 0 Å². The van der Waals surface area contributed by atoms with Crippen LogP contribution >= 0.6 is 11.6 Å². The van der Waals surface area contributed by atoms with Crippen LogP contribution in [0.3, 0.4) is 0 Å². The lowest BCUT2D eigenvalue weighted by molar-refractivity contribution is 0.0956. The van der Waals surface area contributed by atoms with Crippen LogP contribution in [0.4, 0.5) is 5.69 Å². The molecular weight excluding hydrogens is 376 g/mol. The molecule has 0 aliphatic carbocycles. The molecule has 134 valence electrons. The number of benzene rings is 1. The maximum Gasteiger partial charge on any atom is 0.251 e. The third-order valence-electron chi connectivity index (χ3n) is 3.58. The first-order valence-corrected chi connectivity index (χ1v) is 11.4. The minimum atomic E-state index is -3.44. The zero-order valence-corrected chi connectivity index (χ0v) is 15.5. The maximum absolute atomic E-state index is 12.2. The number of hydrogen-bond donors (Lipinski definition) is 1.